The molecule has 24 heavy (non-hydrogen) atoms. The molecule has 1 amide bonds. The number of amides is 1. The van der Waals surface area contributed by atoms with Gasteiger partial charge in [-0.1, -0.05) is 92.8 Å². The van der Waals surface area contributed by atoms with Crippen LogP contribution in [-0.2, 0) is 4.79 Å². The van der Waals surface area contributed by atoms with Gasteiger partial charge in [0, 0.05) is 17.1 Å². The van der Waals surface area contributed by atoms with E-state index in [0.717, 1.165) is 23.0 Å². The summed E-state index contributed by atoms with van der Waals surface area (Å²) in [5.74, 6) is -0.00570. The molecule has 1 N–H and O–H groups in total. The Morgan fingerprint density at radius 3 is 2.04 bits per heavy atom. The molecule has 1 aromatic rings. The molecule has 0 unspecified atom stereocenters. The van der Waals surface area contributed by atoms with Crippen molar-refractivity contribution in [3.05, 3.63) is 40.4 Å². The number of benzene rings is 1. The third-order valence-corrected chi connectivity index (χ3v) is 4.66. The number of halogens is 1. The second-order valence-electron chi connectivity index (χ2n) is 6.36. The first-order chi connectivity index (χ1) is 11.7. The topological polar surface area (TPSA) is 29.1 Å². The van der Waals surface area contributed by atoms with E-state index in [2.05, 4.69) is 28.2 Å². The van der Waals surface area contributed by atoms with Crippen molar-refractivity contribution in [2.24, 2.45) is 0 Å². The largest absolute Gasteiger partial charge is 0.353 e. The fourth-order valence-corrected chi connectivity index (χ4v) is 2.89. The summed E-state index contributed by atoms with van der Waals surface area (Å²) in [4.78, 5) is 11.7. The highest BCUT2D eigenvalue weighted by Gasteiger charge is 1.96. The first-order valence-electron chi connectivity index (χ1n) is 9.44. The summed E-state index contributed by atoms with van der Waals surface area (Å²) in [6, 6.07) is 7.91. The van der Waals surface area contributed by atoms with Crippen LogP contribution < -0.4 is 5.32 Å². The smallest absolute Gasteiger partial charge is 0.243 e. The molecule has 3 heteroatoms. The molecule has 1 aromatic carbocycles. The number of hydrogen-bond acceptors (Lipinski definition) is 1. The van der Waals surface area contributed by atoms with Gasteiger partial charge in [0.25, 0.3) is 0 Å². The van der Waals surface area contributed by atoms with E-state index < -0.39 is 0 Å². The van der Waals surface area contributed by atoms with Crippen LogP contribution in [0.2, 0.25) is 0 Å². The van der Waals surface area contributed by atoms with E-state index in [4.69, 9.17) is 0 Å². The Kier molecular flexibility index (Phi) is 12.5. The number of unbranched alkanes of at least 4 members (excludes halogenated alkanes) is 9. The lowest BCUT2D eigenvalue weighted by Gasteiger charge is -2.03. The maximum Gasteiger partial charge on any atom is 0.243 e. The molecular weight excluding hydrogens is 362 g/mol. The molecular formula is C21H32BrNO. The molecule has 2 nitrogen and oxygen atoms in total. The van der Waals surface area contributed by atoms with Gasteiger partial charge >= 0.3 is 0 Å². The molecule has 0 spiro atoms. The maximum absolute atomic E-state index is 11.7. The van der Waals surface area contributed by atoms with Crippen LogP contribution in [0, 0.1) is 0 Å². The van der Waals surface area contributed by atoms with Crippen LogP contribution in [0.15, 0.2) is 34.8 Å². The monoisotopic (exact) mass is 393 g/mol. The molecule has 0 saturated carbocycles. The highest BCUT2D eigenvalue weighted by atomic mass is 79.9. The maximum atomic E-state index is 11.7. The van der Waals surface area contributed by atoms with E-state index in [-0.39, 0.29) is 5.91 Å². The summed E-state index contributed by atoms with van der Waals surface area (Å²) >= 11 is 3.40. The average Bonchev–Trinajstić information content (AvgIpc) is 2.59. The van der Waals surface area contributed by atoms with Crippen LogP contribution in [0.4, 0.5) is 0 Å². The van der Waals surface area contributed by atoms with Gasteiger partial charge in [-0.2, -0.15) is 0 Å². The number of carbonyl (C=O) groups is 1. The van der Waals surface area contributed by atoms with Crippen molar-refractivity contribution in [1.29, 1.82) is 0 Å². The van der Waals surface area contributed by atoms with Gasteiger partial charge in [0.1, 0.15) is 0 Å². The lowest BCUT2D eigenvalue weighted by atomic mass is 10.1. The summed E-state index contributed by atoms with van der Waals surface area (Å²) in [7, 11) is 0. The minimum absolute atomic E-state index is 0.00570. The van der Waals surface area contributed by atoms with Crippen molar-refractivity contribution >= 4 is 27.9 Å². The normalized spacial score (nSPS) is 11.1. The van der Waals surface area contributed by atoms with Crippen LogP contribution in [-0.4, -0.2) is 12.5 Å². The fraction of sp³-hybridized carbons (Fsp3) is 0.571. The van der Waals surface area contributed by atoms with E-state index in [0.29, 0.717) is 0 Å². The summed E-state index contributed by atoms with van der Waals surface area (Å²) in [6.45, 7) is 3.04. The van der Waals surface area contributed by atoms with Crippen molar-refractivity contribution < 1.29 is 4.79 Å². The molecule has 1 rings (SSSR count). The summed E-state index contributed by atoms with van der Waals surface area (Å²) in [5.41, 5.74) is 1.03. The standard InChI is InChI=1S/C21H32BrNO/c1-2-3-4-5-6-7-8-9-10-11-18-23-21(24)17-14-19-12-15-20(22)16-13-19/h12-17H,2-11,18H2,1H3,(H,23,24). The van der Waals surface area contributed by atoms with E-state index >= 15 is 0 Å². The van der Waals surface area contributed by atoms with Gasteiger partial charge < -0.3 is 5.32 Å². The zero-order valence-electron chi connectivity index (χ0n) is 15.0. The van der Waals surface area contributed by atoms with Crippen molar-refractivity contribution in [2.45, 2.75) is 71.1 Å². The summed E-state index contributed by atoms with van der Waals surface area (Å²) in [5, 5.41) is 2.95. The lowest BCUT2D eigenvalue weighted by molar-refractivity contribution is -0.116. The summed E-state index contributed by atoms with van der Waals surface area (Å²) < 4.78 is 1.05. The highest BCUT2D eigenvalue weighted by Crippen LogP contribution is 2.12. The Bertz CT molecular complexity index is 467. The van der Waals surface area contributed by atoms with Crippen molar-refractivity contribution in [3.8, 4) is 0 Å². The van der Waals surface area contributed by atoms with Gasteiger partial charge in [0.15, 0.2) is 0 Å². The van der Waals surface area contributed by atoms with Gasteiger partial charge in [-0.15, -0.1) is 0 Å². The Balaban J connectivity index is 1.95. The van der Waals surface area contributed by atoms with Gasteiger partial charge in [-0.05, 0) is 30.2 Å². The molecule has 0 saturated heterocycles. The third kappa shape index (κ3) is 11.4. The molecule has 0 heterocycles. The zero-order valence-corrected chi connectivity index (χ0v) is 16.6. The SMILES string of the molecule is CCCCCCCCCCCCNC(=O)C=Cc1ccc(Br)cc1. The molecule has 134 valence electrons. The highest BCUT2D eigenvalue weighted by molar-refractivity contribution is 9.10. The number of nitrogens with one attached hydrogen (secondary N) is 1. The van der Waals surface area contributed by atoms with Crippen LogP contribution in [0.3, 0.4) is 0 Å². The van der Waals surface area contributed by atoms with Gasteiger partial charge in [0.05, 0.1) is 0 Å². The van der Waals surface area contributed by atoms with Crippen LogP contribution in [0.1, 0.15) is 76.7 Å². The number of rotatable bonds is 13. The first-order valence-corrected chi connectivity index (χ1v) is 10.2. The molecule has 0 aliphatic heterocycles. The third-order valence-electron chi connectivity index (χ3n) is 4.13. The van der Waals surface area contributed by atoms with E-state index in [1.165, 1.54) is 57.8 Å². The molecule has 0 radical (unpaired) electrons. The molecule has 0 aliphatic rings. The predicted octanol–water partition coefficient (Wildman–Crippen LogP) is 6.50. The number of carbonyl (C=O) groups excluding carboxylic acids is 1. The Hall–Kier alpha value is -1.09. The second kappa shape index (κ2) is 14.3. The second-order valence-corrected chi connectivity index (χ2v) is 7.27. The molecule has 0 aromatic heterocycles. The van der Waals surface area contributed by atoms with E-state index in [9.17, 15) is 4.79 Å². The van der Waals surface area contributed by atoms with Gasteiger partial charge in [0.2, 0.25) is 5.91 Å². The first kappa shape index (κ1) is 21.0. The Morgan fingerprint density at radius 2 is 1.46 bits per heavy atom. The van der Waals surface area contributed by atoms with Gasteiger partial charge in [-0.25, -0.2) is 0 Å². The van der Waals surface area contributed by atoms with E-state index in [1.807, 2.05) is 30.3 Å². The zero-order chi connectivity index (χ0) is 17.5. The summed E-state index contributed by atoms with van der Waals surface area (Å²) in [6.07, 6.45) is 16.6. The van der Waals surface area contributed by atoms with Crippen LogP contribution in [0.5, 0.6) is 0 Å². The fourth-order valence-electron chi connectivity index (χ4n) is 2.63. The predicted molar refractivity (Wildman–Crippen MR) is 108 cm³/mol. The number of hydrogen-bond donors (Lipinski definition) is 1. The van der Waals surface area contributed by atoms with Crippen LogP contribution >= 0.6 is 15.9 Å². The van der Waals surface area contributed by atoms with Crippen molar-refractivity contribution in [2.75, 3.05) is 6.54 Å². The van der Waals surface area contributed by atoms with Crippen molar-refractivity contribution in [1.82, 2.24) is 5.32 Å². The minimum atomic E-state index is -0.00570. The molecule has 0 fully saturated rings. The Labute approximate surface area is 156 Å². The quantitative estimate of drug-likeness (QED) is 0.300. The lowest BCUT2D eigenvalue weighted by Crippen LogP contribution is -2.21. The molecule has 0 bridgehead atoms. The van der Waals surface area contributed by atoms with E-state index in [1.54, 1.807) is 6.08 Å². The minimum Gasteiger partial charge on any atom is -0.353 e. The average molecular weight is 394 g/mol. The van der Waals surface area contributed by atoms with Crippen molar-refractivity contribution in [3.63, 3.8) is 0 Å². The van der Waals surface area contributed by atoms with Crippen LogP contribution in [0.25, 0.3) is 6.08 Å². The Morgan fingerprint density at radius 1 is 0.917 bits per heavy atom. The molecule has 0 atom stereocenters. The molecule has 0 aliphatic carbocycles. The van der Waals surface area contributed by atoms with Gasteiger partial charge in [-0.3, -0.25) is 4.79 Å².